The highest BCUT2D eigenvalue weighted by Gasteiger charge is 2.54. The molecule has 0 unspecified atom stereocenters. The highest BCUT2D eigenvalue weighted by Crippen LogP contribution is 2.62. The summed E-state index contributed by atoms with van der Waals surface area (Å²) in [5.41, 5.74) is 0.148. The van der Waals surface area contributed by atoms with Gasteiger partial charge in [-0.1, -0.05) is 26.7 Å². The van der Waals surface area contributed by atoms with Gasteiger partial charge >= 0.3 is 6.36 Å². The summed E-state index contributed by atoms with van der Waals surface area (Å²) in [4.78, 5) is 0. The molecule has 0 spiro atoms. The number of rotatable bonds is 6. The number of nitrogens with zero attached hydrogens (tertiary/aromatic N) is 1. The lowest BCUT2D eigenvalue weighted by molar-refractivity contribution is -0.352. The van der Waals surface area contributed by atoms with Crippen LogP contribution in [0.3, 0.4) is 0 Å². The topological polar surface area (TPSA) is 53.2 Å². The molecule has 0 aromatic rings. The molecule has 28 heavy (non-hydrogen) atoms. The first kappa shape index (κ1) is 21.9. The highest BCUT2D eigenvalue weighted by molar-refractivity contribution is 5.09. The third-order valence-electron chi connectivity index (χ3n) is 8.15. The Hall–Kier alpha value is -0.800. The number of ether oxygens (including phenoxy) is 1. The van der Waals surface area contributed by atoms with Gasteiger partial charge in [0.2, 0.25) is 0 Å². The molecular formula is C22H34F3NO2. The van der Waals surface area contributed by atoms with E-state index in [-0.39, 0.29) is 23.7 Å². The van der Waals surface area contributed by atoms with Crippen molar-refractivity contribution in [3.8, 4) is 6.07 Å². The van der Waals surface area contributed by atoms with E-state index in [1.165, 1.54) is 0 Å². The lowest BCUT2D eigenvalue weighted by atomic mass is 9.54. The third kappa shape index (κ3) is 4.51. The van der Waals surface area contributed by atoms with Gasteiger partial charge in [-0.25, -0.2) is 0 Å². The van der Waals surface area contributed by atoms with Gasteiger partial charge in [-0.05, 0) is 80.5 Å². The van der Waals surface area contributed by atoms with Crippen molar-refractivity contribution < 1.29 is 23.0 Å². The van der Waals surface area contributed by atoms with Gasteiger partial charge in [-0.2, -0.15) is 5.26 Å². The van der Waals surface area contributed by atoms with Crippen LogP contribution in [-0.4, -0.2) is 23.7 Å². The molecule has 0 saturated heterocycles. The second kappa shape index (κ2) is 8.52. The zero-order valence-electron chi connectivity index (χ0n) is 17.0. The summed E-state index contributed by atoms with van der Waals surface area (Å²) in [6, 6.07) is 2.54. The van der Waals surface area contributed by atoms with Crippen LogP contribution in [-0.2, 0) is 4.74 Å². The summed E-state index contributed by atoms with van der Waals surface area (Å²) < 4.78 is 42.2. The summed E-state index contributed by atoms with van der Waals surface area (Å²) in [5, 5.41) is 20.0. The van der Waals surface area contributed by atoms with Crippen molar-refractivity contribution in [3.63, 3.8) is 0 Å². The third-order valence-corrected chi connectivity index (χ3v) is 8.15. The molecule has 3 nitrogen and oxygen atoms in total. The maximum atomic E-state index is 12.7. The van der Waals surface area contributed by atoms with E-state index in [9.17, 15) is 23.5 Å². The van der Waals surface area contributed by atoms with E-state index in [1.807, 2.05) is 0 Å². The molecule has 3 fully saturated rings. The fraction of sp³-hybridized carbons (Fsp3) is 0.955. The van der Waals surface area contributed by atoms with Gasteiger partial charge in [0.15, 0.2) is 0 Å². The minimum atomic E-state index is -4.70. The number of aliphatic hydroxyl groups excluding tert-OH is 1. The van der Waals surface area contributed by atoms with Crippen LogP contribution in [0.5, 0.6) is 0 Å². The highest BCUT2D eigenvalue weighted by atomic mass is 19.4. The number of hydrogen-bond acceptors (Lipinski definition) is 3. The van der Waals surface area contributed by atoms with Crippen molar-refractivity contribution >= 4 is 0 Å². The van der Waals surface area contributed by atoms with Crippen LogP contribution in [0.15, 0.2) is 0 Å². The van der Waals surface area contributed by atoms with Gasteiger partial charge in [-0.15, -0.1) is 13.2 Å². The largest absolute Gasteiger partial charge is 0.522 e. The molecule has 0 aromatic heterocycles. The number of nitriles is 1. The molecule has 0 bridgehead atoms. The molecule has 3 aliphatic carbocycles. The number of aliphatic hydroxyl groups is 1. The zero-order valence-corrected chi connectivity index (χ0v) is 17.0. The van der Waals surface area contributed by atoms with Gasteiger partial charge in [0.25, 0.3) is 0 Å². The number of fused-ring (bicyclic) bond motifs is 3. The van der Waals surface area contributed by atoms with E-state index in [2.05, 4.69) is 17.7 Å². The maximum Gasteiger partial charge on any atom is 0.522 e. The summed E-state index contributed by atoms with van der Waals surface area (Å²) >= 11 is 0. The Morgan fingerprint density at radius 3 is 2.61 bits per heavy atom. The fourth-order valence-electron chi connectivity index (χ4n) is 6.77. The van der Waals surface area contributed by atoms with Crippen molar-refractivity contribution in [3.05, 3.63) is 0 Å². The minimum Gasteiger partial charge on any atom is -0.390 e. The lowest BCUT2D eigenvalue weighted by Crippen LogP contribution is -2.44. The number of halogens is 3. The first-order valence-electron chi connectivity index (χ1n) is 11.0. The molecule has 0 aromatic carbocycles. The number of alkyl halides is 3. The van der Waals surface area contributed by atoms with Crippen LogP contribution in [0.25, 0.3) is 0 Å². The first-order valence-corrected chi connectivity index (χ1v) is 11.0. The van der Waals surface area contributed by atoms with E-state index < -0.39 is 18.6 Å². The molecule has 6 heteroatoms. The lowest BCUT2D eigenvalue weighted by Gasteiger charge is -2.51. The molecular weight excluding hydrogens is 367 g/mol. The van der Waals surface area contributed by atoms with Gasteiger partial charge in [0.1, 0.15) is 0 Å². The average molecular weight is 402 g/mol. The van der Waals surface area contributed by atoms with Crippen LogP contribution in [0.4, 0.5) is 13.2 Å². The molecule has 0 aliphatic heterocycles. The molecule has 160 valence electrons. The molecule has 0 radical (unpaired) electrons. The van der Waals surface area contributed by atoms with Gasteiger partial charge in [0, 0.05) is 0 Å². The van der Waals surface area contributed by atoms with Crippen molar-refractivity contribution in [1.82, 2.24) is 0 Å². The predicted octanol–water partition coefficient (Wildman–Crippen LogP) is 5.82. The second-order valence-corrected chi connectivity index (χ2v) is 9.71. The standard InChI is InChI=1S/C22H34F3NO2/c1-3-4-20(28-22(23,24)25)19(27)12-14-5-7-17-15(11-14)9-10-21(2)16(13-26)6-8-18(17)21/h14-20,27H,3-12H2,1-2H3/t14-,15-,16-,17-,18+,19+,20+,21-/m1/s1. The van der Waals surface area contributed by atoms with E-state index in [0.29, 0.717) is 30.6 Å². The van der Waals surface area contributed by atoms with Gasteiger partial charge in [0.05, 0.1) is 24.2 Å². The van der Waals surface area contributed by atoms with Crippen LogP contribution >= 0.6 is 0 Å². The van der Waals surface area contributed by atoms with Gasteiger partial charge in [-0.3, -0.25) is 4.74 Å². The summed E-state index contributed by atoms with van der Waals surface area (Å²) in [6.07, 6.45) is 1.62. The van der Waals surface area contributed by atoms with Crippen molar-refractivity contribution in [1.29, 1.82) is 5.26 Å². The monoisotopic (exact) mass is 401 g/mol. The Bertz CT molecular complexity index is 575. The molecule has 3 aliphatic rings. The molecule has 8 atom stereocenters. The van der Waals surface area contributed by atoms with E-state index in [0.717, 1.165) is 44.9 Å². The summed E-state index contributed by atoms with van der Waals surface area (Å²) in [5.74, 6) is 2.29. The van der Waals surface area contributed by atoms with Crippen molar-refractivity contribution in [2.45, 2.75) is 96.6 Å². The normalized spacial score (nSPS) is 40.2. The number of hydrogen-bond donors (Lipinski definition) is 1. The van der Waals surface area contributed by atoms with E-state index in [1.54, 1.807) is 6.92 Å². The Labute approximate surface area is 166 Å². The van der Waals surface area contributed by atoms with Crippen LogP contribution in [0.1, 0.15) is 78.1 Å². The Morgan fingerprint density at radius 2 is 1.96 bits per heavy atom. The van der Waals surface area contributed by atoms with Gasteiger partial charge < -0.3 is 5.11 Å². The van der Waals surface area contributed by atoms with Crippen LogP contribution in [0.2, 0.25) is 0 Å². The van der Waals surface area contributed by atoms with Crippen molar-refractivity contribution in [2.24, 2.45) is 35.0 Å². The molecule has 0 amide bonds. The molecule has 1 N–H and O–H groups in total. The fourth-order valence-corrected chi connectivity index (χ4v) is 6.77. The molecule has 0 heterocycles. The average Bonchev–Trinajstić information content (AvgIpc) is 2.96. The quantitative estimate of drug-likeness (QED) is 0.610. The summed E-state index contributed by atoms with van der Waals surface area (Å²) in [7, 11) is 0. The first-order chi connectivity index (χ1) is 13.2. The Kier molecular flexibility index (Phi) is 6.66. The SMILES string of the molecule is CCC[C@H](OC(F)(F)F)[C@@H](O)C[C@@H]1CC[C@@H]2[C@H](CC[C@]3(C)[C@@H](C#N)CC[C@@H]23)C1. The smallest absolute Gasteiger partial charge is 0.390 e. The second-order valence-electron chi connectivity index (χ2n) is 9.71. The maximum absolute atomic E-state index is 12.7. The van der Waals surface area contributed by atoms with Crippen LogP contribution in [0, 0.1) is 46.3 Å². The molecule has 3 rings (SSSR count). The summed E-state index contributed by atoms with van der Waals surface area (Å²) in [6.45, 7) is 4.11. The Morgan fingerprint density at radius 1 is 1.21 bits per heavy atom. The van der Waals surface area contributed by atoms with Crippen LogP contribution < -0.4 is 0 Å². The zero-order chi connectivity index (χ0) is 20.5. The predicted molar refractivity (Wildman–Crippen MR) is 99.9 cm³/mol. The molecule has 3 saturated carbocycles. The van der Waals surface area contributed by atoms with Crippen molar-refractivity contribution in [2.75, 3.05) is 0 Å². The minimum absolute atomic E-state index is 0.148. The van der Waals surface area contributed by atoms with E-state index >= 15 is 0 Å². The Balaban J connectivity index is 1.58. The van der Waals surface area contributed by atoms with E-state index in [4.69, 9.17) is 0 Å².